The number of allylic oxidation sites excluding steroid dienone is 2. The van der Waals surface area contributed by atoms with E-state index in [-0.39, 0.29) is 21.3 Å². The maximum atomic E-state index is 12.5. The van der Waals surface area contributed by atoms with Gasteiger partial charge in [0.1, 0.15) is 5.75 Å². The van der Waals surface area contributed by atoms with Gasteiger partial charge in [-0.1, -0.05) is 54.2 Å². The van der Waals surface area contributed by atoms with Crippen molar-refractivity contribution in [3.63, 3.8) is 0 Å². The van der Waals surface area contributed by atoms with Gasteiger partial charge in [-0.05, 0) is 29.9 Å². The number of aromatic hydroxyl groups is 1. The van der Waals surface area contributed by atoms with Crippen LogP contribution in [-0.4, -0.2) is 31.5 Å². The lowest BCUT2D eigenvalue weighted by molar-refractivity contribution is -0.384. The number of benzene rings is 2. The molecule has 140 valence electrons. The molecule has 0 spiro atoms. The van der Waals surface area contributed by atoms with E-state index >= 15 is 0 Å². The first-order valence-electron chi connectivity index (χ1n) is 7.97. The molecule has 0 aromatic heterocycles. The molecule has 2 aromatic carbocycles. The minimum atomic E-state index is -0.585. The van der Waals surface area contributed by atoms with Crippen LogP contribution in [0.15, 0.2) is 70.7 Å². The zero-order valence-electron chi connectivity index (χ0n) is 14.3. The van der Waals surface area contributed by atoms with Crippen LogP contribution in [0.1, 0.15) is 11.1 Å². The van der Waals surface area contributed by atoms with Crippen LogP contribution in [0, 0.1) is 10.1 Å². The van der Waals surface area contributed by atoms with E-state index in [9.17, 15) is 20.0 Å². The van der Waals surface area contributed by atoms with E-state index in [1.165, 1.54) is 12.1 Å². The number of amides is 1. The van der Waals surface area contributed by atoms with Gasteiger partial charge in [0.2, 0.25) is 0 Å². The fourth-order valence-corrected chi connectivity index (χ4v) is 3.39. The molecule has 3 rings (SSSR count). The third-order valence-electron chi connectivity index (χ3n) is 3.64. The molecule has 1 fully saturated rings. The monoisotopic (exact) mass is 411 g/mol. The van der Waals surface area contributed by atoms with Gasteiger partial charge in [0.25, 0.3) is 11.6 Å². The lowest BCUT2D eigenvalue weighted by Gasteiger charge is -2.06. The molecular formula is C19H13N3O4S2. The summed E-state index contributed by atoms with van der Waals surface area (Å²) in [6.07, 6.45) is 6.41. The third-order valence-corrected chi connectivity index (χ3v) is 4.94. The maximum absolute atomic E-state index is 12.5. The molecule has 0 bridgehead atoms. The van der Waals surface area contributed by atoms with Crippen LogP contribution in [0.2, 0.25) is 0 Å². The largest absolute Gasteiger partial charge is 0.507 e. The van der Waals surface area contributed by atoms with E-state index in [0.717, 1.165) is 34.6 Å². The Bertz CT molecular complexity index is 1030. The van der Waals surface area contributed by atoms with Crippen LogP contribution in [0.4, 0.5) is 5.69 Å². The molecule has 1 amide bonds. The number of phenolic OH excluding ortho intramolecular Hbond substituents is 1. The molecule has 0 saturated carbocycles. The Morgan fingerprint density at radius 3 is 2.68 bits per heavy atom. The van der Waals surface area contributed by atoms with Gasteiger partial charge in [-0.3, -0.25) is 14.9 Å². The molecule has 7 nitrogen and oxygen atoms in total. The van der Waals surface area contributed by atoms with Gasteiger partial charge in [-0.25, -0.2) is 0 Å². The Labute approximate surface area is 169 Å². The molecular weight excluding hydrogens is 398 g/mol. The van der Waals surface area contributed by atoms with Gasteiger partial charge in [0.05, 0.1) is 16.0 Å². The molecule has 28 heavy (non-hydrogen) atoms. The maximum Gasteiger partial charge on any atom is 0.286 e. The van der Waals surface area contributed by atoms with Crippen LogP contribution < -0.4 is 0 Å². The Kier molecular flexibility index (Phi) is 5.97. The van der Waals surface area contributed by atoms with Crippen molar-refractivity contribution < 1.29 is 14.8 Å². The fourth-order valence-electron chi connectivity index (χ4n) is 2.26. The highest BCUT2D eigenvalue weighted by Crippen LogP contribution is 2.31. The molecule has 2 aromatic rings. The van der Waals surface area contributed by atoms with E-state index in [1.807, 2.05) is 36.4 Å². The van der Waals surface area contributed by atoms with Gasteiger partial charge in [0, 0.05) is 17.7 Å². The van der Waals surface area contributed by atoms with Crippen molar-refractivity contribution in [2.45, 2.75) is 0 Å². The minimum absolute atomic E-state index is 0.108. The number of hydrogen-bond donors (Lipinski definition) is 1. The lowest BCUT2D eigenvalue weighted by Crippen LogP contribution is -2.22. The summed E-state index contributed by atoms with van der Waals surface area (Å²) in [6, 6.07) is 13.1. The number of carbonyl (C=O) groups is 1. The molecule has 0 atom stereocenters. The normalized spacial score (nSPS) is 16.0. The minimum Gasteiger partial charge on any atom is -0.507 e. The van der Waals surface area contributed by atoms with Gasteiger partial charge < -0.3 is 5.11 Å². The zero-order valence-corrected chi connectivity index (χ0v) is 15.9. The standard InChI is InChI=1S/C19H13N3O4S2/c23-16-10-9-15(22(25)26)11-14(16)12-20-21-18(24)17(28-19(21)27)8-4-7-13-5-2-1-3-6-13/h1-12,23H/b7-4+,17-8-,20-12-. The second kappa shape index (κ2) is 8.59. The Morgan fingerprint density at radius 2 is 1.96 bits per heavy atom. The highest BCUT2D eigenvalue weighted by molar-refractivity contribution is 8.26. The predicted molar refractivity (Wildman–Crippen MR) is 113 cm³/mol. The number of thioether (sulfide) groups is 1. The summed E-state index contributed by atoms with van der Waals surface area (Å²) >= 11 is 6.27. The van der Waals surface area contributed by atoms with E-state index < -0.39 is 10.8 Å². The molecule has 0 radical (unpaired) electrons. The van der Waals surface area contributed by atoms with Crippen LogP contribution in [-0.2, 0) is 4.79 Å². The third kappa shape index (κ3) is 4.51. The number of rotatable bonds is 5. The summed E-state index contributed by atoms with van der Waals surface area (Å²) in [4.78, 5) is 23.1. The van der Waals surface area contributed by atoms with Gasteiger partial charge >= 0.3 is 0 Å². The highest BCUT2D eigenvalue weighted by atomic mass is 32.2. The molecule has 0 aliphatic carbocycles. The number of hydrazone groups is 1. The number of thiocarbonyl (C=S) groups is 1. The second-order valence-corrected chi connectivity index (χ2v) is 7.21. The quantitative estimate of drug-likeness (QED) is 0.262. The summed E-state index contributed by atoms with van der Waals surface area (Å²) < 4.78 is 0.227. The van der Waals surface area contributed by atoms with Crippen molar-refractivity contribution in [1.29, 1.82) is 0 Å². The predicted octanol–water partition coefficient (Wildman–Crippen LogP) is 4.09. The summed E-state index contributed by atoms with van der Waals surface area (Å²) in [5.41, 5.74) is 0.903. The first-order valence-corrected chi connectivity index (χ1v) is 9.19. The topological polar surface area (TPSA) is 96.0 Å². The van der Waals surface area contributed by atoms with Crippen molar-refractivity contribution in [2.24, 2.45) is 5.10 Å². The zero-order chi connectivity index (χ0) is 20.1. The molecule has 9 heteroatoms. The average molecular weight is 411 g/mol. The summed E-state index contributed by atoms with van der Waals surface area (Å²) in [6.45, 7) is 0. The van der Waals surface area contributed by atoms with Crippen LogP contribution in [0.25, 0.3) is 6.08 Å². The first kappa shape index (κ1) is 19.5. The van der Waals surface area contributed by atoms with Crippen molar-refractivity contribution in [3.8, 4) is 5.75 Å². The van der Waals surface area contributed by atoms with Gasteiger partial charge in [-0.2, -0.15) is 10.1 Å². The van der Waals surface area contributed by atoms with E-state index in [1.54, 1.807) is 12.2 Å². The van der Waals surface area contributed by atoms with Gasteiger partial charge in [0.15, 0.2) is 4.32 Å². The molecule has 1 N–H and O–H groups in total. The van der Waals surface area contributed by atoms with Crippen molar-refractivity contribution in [3.05, 3.63) is 86.8 Å². The molecule has 1 heterocycles. The number of hydrogen-bond acceptors (Lipinski definition) is 7. The van der Waals surface area contributed by atoms with Crippen LogP contribution in [0.3, 0.4) is 0 Å². The Hall–Kier alpha value is -3.30. The van der Waals surface area contributed by atoms with Crippen molar-refractivity contribution in [1.82, 2.24) is 5.01 Å². The van der Waals surface area contributed by atoms with Crippen molar-refractivity contribution >= 4 is 52.2 Å². The van der Waals surface area contributed by atoms with E-state index in [0.29, 0.717) is 4.91 Å². The molecule has 1 aliphatic rings. The SMILES string of the molecule is O=C1/C(=C/C=C/c2ccccc2)SC(=S)N1/N=C\c1cc([N+](=O)[O-])ccc1O. The van der Waals surface area contributed by atoms with Crippen molar-refractivity contribution in [2.75, 3.05) is 0 Å². The Balaban J connectivity index is 1.76. The Morgan fingerprint density at radius 1 is 1.21 bits per heavy atom. The summed E-state index contributed by atoms with van der Waals surface area (Å²) in [5, 5.41) is 25.7. The van der Waals surface area contributed by atoms with E-state index in [4.69, 9.17) is 12.2 Å². The second-order valence-electron chi connectivity index (χ2n) is 5.53. The van der Waals surface area contributed by atoms with E-state index in [2.05, 4.69) is 5.10 Å². The molecule has 1 saturated heterocycles. The number of carbonyl (C=O) groups excluding carboxylic acids is 1. The molecule has 0 unspecified atom stereocenters. The van der Waals surface area contributed by atoms with Crippen LogP contribution in [0.5, 0.6) is 5.75 Å². The highest BCUT2D eigenvalue weighted by Gasteiger charge is 2.31. The number of nitrogens with zero attached hydrogens (tertiary/aromatic N) is 3. The lowest BCUT2D eigenvalue weighted by atomic mass is 10.2. The van der Waals surface area contributed by atoms with Crippen LogP contribution >= 0.6 is 24.0 Å². The van der Waals surface area contributed by atoms with Gasteiger partial charge in [-0.15, -0.1) is 0 Å². The number of phenols is 1. The fraction of sp³-hybridized carbons (Fsp3) is 0. The molecule has 1 aliphatic heterocycles. The summed E-state index contributed by atoms with van der Waals surface area (Å²) in [5.74, 6) is -0.602. The smallest absolute Gasteiger partial charge is 0.286 e. The first-order chi connectivity index (χ1) is 13.5. The summed E-state index contributed by atoms with van der Waals surface area (Å²) in [7, 11) is 0. The number of nitro benzene ring substituents is 1. The number of non-ortho nitro benzene ring substituents is 1. The average Bonchev–Trinajstić information content (AvgIpc) is 2.95. The number of nitro groups is 1.